The van der Waals surface area contributed by atoms with Gasteiger partial charge in [-0.05, 0) is 139 Å². The summed E-state index contributed by atoms with van der Waals surface area (Å²) >= 11 is 0. The van der Waals surface area contributed by atoms with Crippen molar-refractivity contribution >= 4 is 45.0 Å². The molecule has 10 rings (SSSR count). The Bertz CT molecular complexity index is 2790. The highest BCUT2D eigenvalue weighted by Gasteiger charge is 2.20. The number of carbonyl (C=O) groups is 1. The third-order valence-corrected chi connectivity index (χ3v) is 11.7. The molecule has 3 aromatic carbocycles. The molecule has 8 aromatic rings. The fourth-order valence-electron chi connectivity index (χ4n) is 7.73. The maximum absolute atomic E-state index is 11.0. The topological polar surface area (TPSA) is 155 Å². The largest absolute Gasteiger partial charge is 0.370 e. The van der Waals surface area contributed by atoms with E-state index in [1.165, 1.54) is 50.3 Å². The maximum Gasteiger partial charge on any atom is 0.266 e. The first kappa shape index (κ1) is 87.2. The quantitative estimate of drug-likeness (QED) is 0.152. The summed E-state index contributed by atoms with van der Waals surface area (Å²) in [5.74, 6) is 0.112. The molecule has 1 fully saturated rings. The molecule has 0 saturated carbocycles. The number of benzene rings is 3. The predicted molar refractivity (Wildman–Crippen MR) is 382 cm³/mol. The second kappa shape index (κ2) is 54.0. The maximum atomic E-state index is 11.0. The van der Waals surface area contributed by atoms with Gasteiger partial charge in [-0.25, -0.2) is 14.6 Å². The summed E-state index contributed by atoms with van der Waals surface area (Å²) in [4.78, 5) is 43.0. The van der Waals surface area contributed by atoms with E-state index in [4.69, 9.17) is 4.74 Å². The zero-order chi connectivity index (χ0) is 68.3. The van der Waals surface area contributed by atoms with Gasteiger partial charge in [-0.1, -0.05) is 145 Å². The van der Waals surface area contributed by atoms with Crippen LogP contribution in [-0.2, 0) is 9.53 Å². The number of rotatable bonds is 7. The van der Waals surface area contributed by atoms with Crippen molar-refractivity contribution in [1.29, 1.82) is 0 Å². The predicted octanol–water partition coefficient (Wildman–Crippen LogP) is 18.6. The molecule has 2 aliphatic heterocycles. The second-order valence-corrected chi connectivity index (χ2v) is 19.7. The van der Waals surface area contributed by atoms with Crippen LogP contribution in [0.1, 0.15) is 230 Å². The second-order valence-electron chi connectivity index (χ2n) is 19.7. The van der Waals surface area contributed by atoms with Crippen LogP contribution in [0.5, 0.6) is 0 Å². The first-order chi connectivity index (χ1) is 42.3. The van der Waals surface area contributed by atoms with Crippen LogP contribution in [0.15, 0.2) is 149 Å². The average molecular weight is 1220 g/mol. The molecule has 5 aromatic heterocycles. The van der Waals surface area contributed by atoms with Crippen molar-refractivity contribution in [3.05, 3.63) is 155 Å². The smallest absolute Gasteiger partial charge is 0.266 e. The van der Waals surface area contributed by atoms with E-state index in [0.29, 0.717) is 36.8 Å². The molecular weight excluding hydrogens is 1100 g/mol. The molecule has 0 spiro atoms. The van der Waals surface area contributed by atoms with Gasteiger partial charge in [0, 0.05) is 104 Å². The number of hydrazone groups is 1. The molecule has 88 heavy (non-hydrogen) atoms. The molecule has 0 atom stereocenters. The minimum atomic E-state index is -0.0440. The van der Waals surface area contributed by atoms with E-state index in [1.807, 2.05) is 197 Å². The minimum Gasteiger partial charge on any atom is -0.370 e. The van der Waals surface area contributed by atoms with Crippen molar-refractivity contribution in [2.45, 2.75) is 243 Å². The molecule has 0 aliphatic carbocycles. The van der Waals surface area contributed by atoms with E-state index in [0.717, 1.165) is 25.0 Å². The number of nitrogens with zero attached hydrogens (tertiary/aromatic N) is 12. The van der Waals surface area contributed by atoms with E-state index in [9.17, 15) is 14.4 Å². The molecule has 0 radical (unpaired) electrons. The number of carbonyl (C=O) groups excluding carboxylic acids is 1. The number of ether oxygens (including phenoxy) is 1. The number of amides is 1. The number of para-hydroxylation sites is 4. The standard InChI is InChI=1S/C11H13N.2C10H12N2.2C7H10N2O.C7H13NO2.C6H12N2.7C2H6/c1-9(2)12-8-7-10-5-3-4-6-11(10)12;1-8(2)12-7-11-9-5-3-4-6-10(9)12;1-8(2)12-10-6-4-3-5-9(10)7-11-12;1-6(2)9-5-8-4-3-7(9)10;1-6(2)9-7(10)4-3-5-8-9;1-6(2)8-3-4-10-5-7(8)9;1-6(2)8-5-3-4-7-8;7*1-2/h3-9H,1-2H3;2*3-8H,1-2H3;2*3-6H,1-2H3;6H,3-5H2,1-2H3;4,6H,3,5H2,1-2H3;7*1-2H3. The summed E-state index contributed by atoms with van der Waals surface area (Å²) in [6.45, 7) is 59.9. The summed E-state index contributed by atoms with van der Waals surface area (Å²) in [6.07, 6.45) is 13.7. The minimum absolute atomic E-state index is 0.00463. The Hall–Kier alpha value is -7.20. The van der Waals surface area contributed by atoms with Crippen LogP contribution < -0.4 is 11.1 Å². The summed E-state index contributed by atoms with van der Waals surface area (Å²) in [5, 5.41) is 17.0. The Morgan fingerprint density at radius 1 is 0.432 bits per heavy atom. The van der Waals surface area contributed by atoms with Crippen LogP contribution in [0.3, 0.4) is 0 Å². The number of hydrogen-bond donors (Lipinski definition) is 0. The van der Waals surface area contributed by atoms with Crippen molar-refractivity contribution in [1.82, 2.24) is 53.1 Å². The van der Waals surface area contributed by atoms with Gasteiger partial charge in [0.2, 0.25) is 5.91 Å². The van der Waals surface area contributed by atoms with Gasteiger partial charge in [0.15, 0.2) is 0 Å². The average Bonchev–Trinajstić information content (AvgIpc) is 4.13. The van der Waals surface area contributed by atoms with Gasteiger partial charge in [-0.2, -0.15) is 15.3 Å². The van der Waals surface area contributed by atoms with Gasteiger partial charge in [0.05, 0.1) is 48.1 Å². The number of morpholine rings is 1. The fraction of sp³-hybridized carbons (Fsp3) is 0.556. The summed E-state index contributed by atoms with van der Waals surface area (Å²) in [5.41, 5.74) is 4.79. The Morgan fingerprint density at radius 2 is 0.955 bits per heavy atom. The molecule has 2 aliphatic rings. The SMILES string of the molecule is CC.CC.CC.CC.CC.CC.CC.CC(C)N1CCC=N1.CC(C)N1CCOCC1=O.CC(C)n1ccc2ccccc21.CC(C)n1cnc2ccccc21.CC(C)n1cnccc1=O.CC(C)n1ncc2ccccc21.CC(C)n1ncccc1=O. The Balaban J connectivity index is -0.000000453. The number of aromatic nitrogens is 9. The third kappa shape index (κ3) is 32.7. The lowest BCUT2D eigenvalue weighted by Gasteiger charge is -2.30. The molecule has 0 N–H and O–H groups in total. The van der Waals surface area contributed by atoms with Gasteiger partial charge < -0.3 is 18.8 Å². The van der Waals surface area contributed by atoms with Crippen molar-refractivity contribution in [3.8, 4) is 0 Å². The van der Waals surface area contributed by atoms with Crippen LogP contribution in [0.4, 0.5) is 0 Å². The molecule has 0 bridgehead atoms. The lowest BCUT2D eigenvalue weighted by molar-refractivity contribution is -0.144. The van der Waals surface area contributed by atoms with Gasteiger partial charge in [0.25, 0.3) is 11.1 Å². The molecule has 0 unspecified atom stereocenters. The first-order valence-corrected chi connectivity index (χ1v) is 32.9. The monoisotopic (exact) mass is 1220 g/mol. The van der Waals surface area contributed by atoms with Crippen molar-refractivity contribution in [3.63, 3.8) is 0 Å². The molecule has 7 heterocycles. The van der Waals surface area contributed by atoms with Crippen molar-refractivity contribution < 1.29 is 9.53 Å². The van der Waals surface area contributed by atoms with Crippen molar-refractivity contribution in [2.24, 2.45) is 5.10 Å². The number of imidazole rings is 1. The number of fused-ring (bicyclic) bond motifs is 3. The molecule has 496 valence electrons. The third-order valence-electron chi connectivity index (χ3n) is 11.7. The summed E-state index contributed by atoms with van der Waals surface area (Å²) in [7, 11) is 0. The highest BCUT2D eigenvalue weighted by molar-refractivity contribution is 5.80. The van der Waals surface area contributed by atoms with Crippen LogP contribution in [-0.4, -0.2) is 104 Å². The molecule has 1 saturated heterocycles. The van der Waals surface area contributed by atoms with E-state index < -0.39 is 0 Å². The molecule has 16 heteroatoms. The van der Waals surface area contributed by atoms with Gasteiger partial charge in [-0.3, -0.25) is 28.6 Å². The number of hydrogen-bond acceptors (Lipinski definition) is 10. The lowest BCUT2D eigenvalue weighted by Crippen LogP contribution is -2.45. The van der Waals surface area contributed by atoms with E-state index in [2.05, 4.69) is 150 Å². The summed E-state index contributed by atoms with van der Waals surface area (Å²) < 4.78 is 14.5. The Labute approximate surface area is 534 Å². The molecule has 1 amide bonds. The highest BCUT2D eigenvalue weighted by atomic mass is 16.5. The first-order valence-electron chi connectivity index (χ1n) is 32.9. The Kier molecular flexibility index (Phi) is 53.5. The van der Waals surface area contributed by atoms with E-state index in [-0.39, 0.29) is 35.7 Å². The fourth-order valence-corrected chi connectivity index (χ4v) is 7.73. The summed E-state index contributed by atoms with van der Waals surface area (Å²) in [6, 6.07) is 34.4. The van der Waals surface area contributed by atoms with Crippen LogP contribution in [0.25, 0.3) is 32.8 Å². The van der Waals surface area contributed by atoms with Gasteiger partial charge in [-0.15, -0.1) is 0 Å². The van der Waals surface area contributed by atoms with Crippen LogP contribution in [0, 0.1) is 0 Å². The van der Waals surface area contributed by atoms with Crippen LogP contribution >= 0.6 is 0 Å². The molecular formula is C72H124N12O4. The van der Waals surface area contributed by atoms with Crippen molar-refractivity contribution in [2.75, 3.05) is 26.3 Å². The zero-order valence-electron chi connectivity index (χ0n) is 60.4. The zero-order valence-corrected chi connectivity index (χ0v) is 60.4. The van der Waals surface area contributed by atoms with Gasteiger partial charge in [0.1, 0.15) is 6.61 Å². The normalized spacial score (nSPS) is 11.4. The molecule has 16 nitrogen and oxygen atoms in total. The highest BCUT2D eigenvalue weighted by Crippen LogP contribution is 2.20. The van der Waals surface area contributed by atoms with E-state index >= 15 is 0 Å². The van der Waals surface area contributed by atoms with E-state index in [1.54, 1.807) is 23.2 Å². The van der Waals surface area contributed by atoms with Crippen LogP contribution in [0.2, 0.25) is 0 Å². The van der Waals surface area contributed by atoms with Gasteiger partial charge >= 0.3 is 0 Å². The lowest BCUT2D eigenvalue weighted by atomic mass is 10.2. The Morgan fingerprint density at radius 3 is 1.39 bits per heavy atom.